The van der Waals surface area contributed by atoms with Crippen LogP contribution in [0.1, 0.15) is 6.92 Å². The van der Waals surface area contributed by atoms with Gasteiger partial charge >= 0.3 is 5.97 Å². The van der Waals surface area contributed by atoms with Gasteiger partial charge in [-0.05, 0) is 31.2 Å². The van der Waals surface area contributed by atoms with Gasteiger partial charge in [0.2, 0.25) is 5.91 Å². The summed E-state index contributed by atoms with van der Waals surface area (Å²) < 4.78 is 22.6. The Bertz CT molecular complexity index is 479. The number of nitrogens with one attached hydrogen (secondary N) is 1. The number of esters is 1. The van der Waals surface area contributed by atoms with Gasteiger partial charge in [-0.2, -0.15) is 0 Å². The van der Waals surface area contributed by atoms with Crippen LogP contribution >= 0.6 is 0 Å². The normalized spacial score (nSPS) is 10.5. The lowest BCUT2D eigenvalue weighted by Crippen LogP contribution is -2.39. The van der Waals surface area contributed by atoms with Crippen molar-refractivity contribution >= 4 is 17.6 Å². The first kappa shape index (κ1) is 18.1. The van der Waals surface area contributed by atoms with Crippen LogP contribution in [0.25, 0.3) is 0 Å². The first-order chi connectivity index (χ1) is 10.5. The average Bonchev–Trinajstić information content (AvgIpc) is 2.47. The van der Waals surface area contributed by atoms with Crippen molar-refractivity contribution in [1.82, 2.24) is 4.90 Å². The number of ether oxygens (including phenoxy) is 2. The van der Waals surface area contributed by atoms with E-state index in [1.807, 2.05) is 0 Å². The lowest BCUT2D eigenvalue weighted by molar-refractivity contribution is -0.144. The number of rotatable bonds is 9. The number of hydrogen-bond acceptors (Lipinski definition) is 5. The minimum atomic E-state index is -0.395. The Morgan fingerprint density at radius 1 is 1.23 bits per heavy atom. The predicted molar refractivity (Wildman–Crippen MR) is 80.0 cm³/mol. The van der Waals surface area contributed by atoms with E-state index in [2.05, 4.69) is 5.32 Å². The fourth-order valence-corrected chi connectivity index (χ4v) is 1.76. The highest BCUT2D eigenvalue weighted by atomic mass is 19.1. The van der Waals surface area contributed by atoms with Gasteiger partial charge in [-0.1, -0.05) is 0 Å². The molecule has 0 aromatic heterocycles. The summed E-state index contributed by atoms with van der Waals surface area (Å²) in [7, 11) is 1.54. The Hall–Kier alpha value is -1.99. The molecule has 1 aromatic rings. The first-order valence-corrected chi connectivity index (χ1v) is 6.97. The van der Waals surface area contributed by atoms with Gasteiger partial charge in [0, 0.05) is 19.3 Å². The third-order valence-electron chi connectivity index (χ3n) is 2.76. The first-order valence-electron chi connectivity index (χ1n) is 6.97. The Kier molecular flexibility index (Phi) is 8.09. The van der Waals surface area contributed by atoms with Crippen molar-refractivity contribution < 1.29 is 23.5 Å². The molecule has 0 saturated heterocycles. The molecule has 1 rings (SSSR count). The molecule has 0 heterocycles. The molecule has 6 nitrogen and oxygen atoms in total. The number of methoxy groups -OCH3 is 1. The molecule has 0 spiro atoms. The Labute approximate surface area is 129 Å². The quantitative estimate of drug-likeness (QED) is 0.696. The van der Waals surface area contributed by atoms with E-state index in [4.69, 9.17) is 9.47 Å². The van der Waals surface area contributed by atoms with Crippen LogP contribution in [-0.2, 0) is 19.1 Å². The van der Waals surface area contributed by atoms with Crippen LogP contribution in [0.3, 0.4) is 0 Å². The standard InChI is InChI=1S/C15H21FN2O4/c1-3-22-15(20)11-18(8-9-21-2)10-14(19)17-13-6-4-12(16)5-7-13/h4-7H,3,8-11H2,1-2H3,(H,17,19). The summed E-state index contributed by atoms with van der Waals surface area (Å²) in [5.41, 5.74) is 0.495. The number of halogens is 1. The summed E-state index contributed by atoms with van der Waals surface area (Å²) in [6.45, 7) is 2.85. The molecule has 122 valence electrons. The van der Waals surface area contributed by atoms with Crippen molar-refractivity contribution in [2.75, 3.05) is 45.3 Å². The van der Waals surface area contributed by atoms with Crippen LogP contribution in [0.2, 0.25) is 0 Å². The summed E-state index contributed by atoms with van der Waals surface area (Å²) in [6.07, 6.45) is 0. The topological polar surface area (TPSA) is 67.9 Å². The second kappa shape index (κ2) is 9.86. The molecule has 0 aliphatic rings. The summed E-state index contributed by atoms with van der Waals surface area (Å²) in [4.78, 5) is 25.1. The van der Waals surface area contributed by atoms with Crippen molar-refractivity contribution in [2.45, 2.75) is 6.92 Å². The van der Waals surface area contributed by atoms with Crippen LogP contribution in [0.4, 0.5) is 10.1 Å². The maximum atomic E-state index is 12.8. The SMILES string of the molecule is CCOC(=O)CN(CCOC)CC(=O)Nc1ccc(F)cc1. The number of carbonyl (C=O) groups excluding carboxylic acids is 2. The highest BCUT2D eigenvalue weighted by molar-refractivity contribution is 5.92. The molecule has 0 atom stereocenters. The summed E-state index contributed by atoms with van der Waals surface area (Å²) >= 11 is 0. The fourth-order valence-electron chi connectivity index (χ4n) is 1.76. The van der Waals surface area contributed by atoms with Crippen molar-refractivity contribution in [3.63, 3.8) is 0 Å². The third kappa shape index (κ3) is 7.14. The van der Waals surface area contributed by atoms with Crippen LogP contribution in [0.5, 0.6) is 0 Å². The van der Waals surface area contributed by atoms with E-state index in [0.29, 0.717) is 25.4 Å². The fraction of sp³-hybridized carbons (Fsp3) is 0.467. The van der Waals surface area contributed by atoms with Gasteiger partial charge in [-0.25, -0.2) is 4.39 Å². The van der Waals surface area contributed by atoms with Gasteiger partial charge in [0.05, 0.1) is 26.3 Å². The molecular formula is C15H21FN2O4. The second-order valence-corrected chi connectivity index (χ2v) is 4.56. The van der Waals surface area contributed by atoms with E-state index in [-0.39, 0.29) is 24.8 Å². The molecule has 0 radical (unpaired) electrons. The number of nitrogens with zero attached hydrogens (tertiary/aromatic N) is 1. The van der Waals surface area contributed by atoms with Gasteiger partial charge in [-0.3, -0.25) is 14.5 Å². The van der Waals surface area contributed by atoms with Gasteiger partial charge in [0.1, 0.15) is 5.82 Å². The van der Waals surface area contributed by atoms with Crippen LogP contribution in [-0.4, -0.2) is 56.7 Å². The average molecular weight is 312 g/mol. The molecule has 22 heavy (non-hydrogen) atoms. The zero-order valence-corrected chi connectivity index (χ0v) is 12.8. The maximum absolute atomic E-state index is 12.8. The van der Waals surface area contributed by atoms with Gasteiger partial charge in [-0.15, -0.1) is 0 Å². The van der Waals surface area contributed by atoms with E-state index < -0.39 is 5.97 Å². The highest BCUT2D eigenvalue weighted by Gasteiger charge is 2.15. The molecule has 1 aromatic carbocycles. The van der Waals surface area contributed by atoms with Crippen molar-refractivity contribution in [3.8, 4) is 0 Å². The summed E-state index contributed by atoms with van der Waals surface area (Å²) in [5.74, 6) is -1.07. The molecule has 0 saturated carbocycles. The van der Waals surface area contributed by atoms with Crippen LogP contribution in [0.15, 0.2) is 24.3 Å². The minimum Gasteiger partial charge on any atom is -0.465 e. The zero-order valence-electron chi connectivity index (χ0n) is 12.8. The molecule has 1 N–H and O–H groups in total. The molecule has 0 bridgehead atoms. The molecule has 0 aliphatic carbocycles. The summed E-state index contributed by atoms with van der Waals surface area (Å²) in [6, 6.07) is 5.46. The van der Waals surface area contributed by atoms with E-state index in [0.717, 1.165) is 0 Å². The van der Waals surface area contributed by atoms with Crippen molar-refractivity contribution in [3.05, 3.63) is 30.1 Å². The van der Waals surface area contributed by atoms with E-state index in [1.54, 1.807) is 18.9 Å². The number of anilines is 1. The van der Waals surface area contributed by atoms with Crippen LogP contribution < -0.4 is 5.32 Å². The lowest BCUT2D eigenvalue weighted by atomic mass is 10.3. The lowest BCUT2D eigenvalue weighted by Gasteiger charge is -2.20. The van der Waals surface area contributed by atoms with Gasteiger partial charge in [0.15, 0.2) is 0 Å². The van der Waals surface area contributed by atoms with Crippen molar-refractivity contribution in [1.29, 1.82) is 0 Å². The molecule has 1 amide bonds. The Morgan fingerprint density at radius 3 is 2.50 bits per heavy atom. The van der Waals surface area contributed by atoms with Gasteiger partial charge < -0.3 is 14.8 Å². The molecular weight excluding hydrogens is 291 g/mol. The van der Waals surface area contributed by atoms with Crippen LogP contribution in [0, 0.1) is 5.82 Å². The molecule has 0 fully saturated rings. The van der Waals surface area contributed by atoms with Crippen molar-refractivity contribution in [2.24, 2.45) is 0 Å². The summed E-state index contributed by atoms with van der Waals surface area (Å²) in [5, 5.41) is 2.64. The van der Waals surface area contributed by atoms with E-state index >= 15 is 0 Å². The van der Waals surface area contributed by atoms with E-state index in [9.17, 15) is 14.0 Å². The smallest absolute Gasteiger partial charge is 0.320 e. The Balaban J connectivity index is 2.53. The zero-order chi connectivity index (χ0) is 16.4. The Morgan fingerprint density at radius 2 is 1.91 bits per heavy atom. The molecule has 7 heteroatoms. The molecule has 0 unspecified atom stereocenters. The number of amides is 1. The largest absolute Gasteiger partial charge is 0.465 e. The van der Waals surface area contributed by atoms with E-state index in [1.165, 1.54) is 24.3 Å². The maximum Gasteiger partial charge on any atom is 0.320 e. The molecule has 0 aliphatic heterocycles. The minimum absolute atomic E-state index is 0.00797. The number of carbonyl (C=O) groups is 2. The number of benzene rings is 1. The third-order valence-corrected chi connectivity index (χ3v) is 2.76. The number of hydrogen-bond donors (Lipinski definition) is 1. The predicted octanol–water partition coefficient (Wildman–Crippen LogP) is 1.28. The second-order valence-electron chi connectivity index (χ2n) is 4.56. The van der Waals surface area contributed by atoms with Gasteiger partial charge in [0.25, 0.3) is 0 Å². The monoisotopic (exact) mass is 312 g/mol. The highest BCUT2D eigenvalue weighted by Crippen LogP contribution is 2.08.